The first-order valence-electron chi connectivity index (χ1n) is 5.74. The van der Waals surface area contributed by atoms with Crippen LogP contribution in [0, 0.1) is 6.92 Å². The Morgan fingerprint density at radius 3 is 2.94 bits per heavy atom. The zero-order chi connectivity index (χ0) is 13.4. The van der Waals surface area contributed by atoms with Crippen molar-refractivity contribution in [3.05, 3.63) is 39.8 Å². The number of hydrogen-bond donors (Lipinski definition) is 2. The van der Waals surface area contributed by atoms with E-state index in [-0.39, 0.29) is 11.7 Å². The summed E-state index contributed by atoms with van der Waals surface area (Å²) >= 11 is 0. The normalized spacial score (nSPS) is 9.61. The van der Waals surface area contributed by atoms with Gasteiger partial charge in [0, 0.05) is 23.6 Å². The average molecular weight is 248 g/mol. The predicted octanol–water partition coefficient (Wildman–Crippen LogP) is 2.52. The van der Waals surface area contributed by atoms with Crippen LogP contribution >= 0.6 is 0 Å². The number of amides is 1. The first kappa shape index (κ1) is 13.9. The fraction of sp³-hybridized carbons (Fsp3) is 0.417. The number of carbonyl (C=O) groups is 1. The molecular formula is C12H16N4O2. The van der Waals surface area contributed by atoms with E-state index in [4.69, 9.17) is 5.53 Å². The first-order chi connectivity index (χ1) is 8.65. The summed E-state index contributed by atoms with van der Waals surface area (Å²) in [6.07, 6.45) is 1.51. The van der Waals surface area contributed by atoms with Gasteiger partial charge in [0.25, 0.3) is 5.91 Å². The summed E-state index contributed by atoms with van der Waals surface area (Å²) < 4.78 is 0. The highest BCUT2D eigenvalue weighted by molar-refractivity contribution is 5.94. The second kappa shape index (κ2) is 7.19. The first-order valence-corrected chi connectivity index (χ1v) is 5.74. The summed E-state index contributed by atoms with van der Waals surface area (Å²) in [6, 6.07) is 4.73. The van der Waals surface area contributed by atoms with E-state index in [1.54, 1.807) is 19.1 Å². The van der Waals surface area contributed by atoms with Crippen molar-refractivity contribution in [2.24, 2.45) is 5.11 Å². The fourth-order valence-corrected chi connectivity index (χ4v) is 1.45. The molecule has 0 saturated carbocycles. The van der Waals surface area contributed by atoms with E-state index in [0.717, 1.165) is 12.8 Å². The van der Waals surface area contributed by atoms with Gasteiger partial charge in [0.15, 0.2) is 0 Å². The van der Waals surface area contributed by atoms with Crippen molar-refractivity contribution in [2.45, 2.75) is 19.8 Å². The summed E-state index contributed by atoms with van der Waals surface area (Å²) in [4.78, 5) is 14.4. The number of hydrogen-bond acceptors (Lipinski definition) is 3. The van der Waals surface area contributed by atoms with E-state index in [1.165, 1.54) is 6.07 Å². The van der Waals surface area contributed by atoms with Gasteiger partial charge in [-0.2, -0.15) is 0 Å². The highest BCUT2D eigenvalue weighted by Crippen LogP contribution is 2.16. The van der Waals surface area contributed by atoms with Gasteiger partial charge in [-0.1, -0.05) is 5.11 Å². The summed E-state index contributed by atoms with van der Waals surface area (Å²) in [5.41, 5.74) is 9.28. The third-order valence-corrected chi connectivity index (χ3v) is 2.49. The van der Waals surface area contributed by atoms with Crippen LogP contribution in [0.25, 0.3) is 10.4 Å². The van der Waals surface area contributed by atoms with Crippen LogP contribution in [0.4, 0.5) is 0 Å². The average Bonchev–Trinajstić information content (AvgIpc) is 2.36. The van der Waals surface area contributed by atoms with Crippen molar-refractivity contribution in [1.29, 1.82) is 0 Å². The Morgan fingerprint density at radius 1 is 1.50 bits per heavy atom. The van der Waals surface area contributed by atoms with Crippen LogP contribution in [0.2, 0.25) is 0 Å². The number of azide groups is 1. The molecule has 0 spiro atoms. The van der Waals surface area contributed by atoms with Crippen molar-refractivity contribution in [3.8, 4) is 5.75 Å². The summed E-state index contributed by atoms with van der Waals surface area (Å²) in [5.74, 6) is 0.0165. The number of phenols is 1. The number of carbonyl (C=O) groups excluding carboxylic acids is 1. The van der Waals surface area contributed by atoms with E-state index in [9.17, 15) is 9.90 Å². The van der Waals surface area contributed by atoms with Gasteiger partial charge >= 0.3 is 0 Å². The molecule has 2 N–H and O–H groups in total. The third kappa shape index (κ3) is 4.35. The quantitative estimate of drug-likeness (QED) is 0.350. The lowest BCUT2D eigenvalue weighted by Crippen LogP contribution is -2.24. The molecule has 0 radical (unpaired) electrons. The molecule has 1 rings (SSSR count). The lowest BCUT2D eigenvalue weighted by Gasteiger charge is -2.06. The molecule has 0 unspecified atom stereocenters. The Balaban J connectivity index is 2.36. The minimum absolute atomic E-state index is 0.165. The maximum absolute atomic E-state index is 11.7. The zero-order valence-electron chi connectivity index (χ0n) is 10.3. The van der Waals surface area contributed by atoms with Crippen LogP contribution in [0.1, 0.15) is 28.8 Å². The number of benzene rings is 1. The van der Waals surface area contributed by atoms with E-state index in [2.05, 4.69) is 15.3 Å². The number of aromatic hydroxyl groups is 1. The van der Waals surface area contributed by atoms with Crippen molar-refractivity contribution in [1.82, 2.24) is 5.32 Å². The Hall–Kier alpha value is -2.20. The van der Waals surface area contributed by atoms with Gasteiger partial charge < -0.3 is 10.4 Å². The van der Waals surface area contributed by atoms with Crippen LogP contribution in [-0.4, -0.2) is 24.1 Å². The van der Waals surface area contributed by atoms with Gasteiger partial charge in [-0.3, -0.25) is 4.79 Å². The third-order valence-electron chi connectivity index (χ3n) is 2.49. The second-order valence-electron chi connectivity index (χ2n) is 3.92. The van der Waals surface area contributed by atoms with Crippen LogP contribution in [0.3, 0.4) is 0 Å². The molecule has 1 aromatic carbocycles. The van der Waals surface area contributed by atoms with Gasteiger partial charge in [0.2, 0.25) is 0 Å². The molecule has 0 aliphatic carbocycles. The highest BCUT2D eigenvalue weighted by Gasteiger charge is 2.06. The smallest absolute Gasteiger partial charge is 0.251 e. The molecule has 0 aliphatic rings. The molecule has 0 saturated heterocycles. The minimum Gasteiger partial charge on any atom is -0.508 e. The number of rotatable bonds is 6. The number of nitrogens with zero attached hydrogens (tertiary/aromatic N) is 3. The molecule has 18 heavy (non-hydrogen) atoms. The Morgan fingerprint density at radius 2 is 2.28 bits per heavy atom. The Kier molecular flexibility index (Phi) is 5.54. The van der Waals surface area contributed by atoms with E-state index < -0.39 is 0 Å². The molecule has 6 heteroatoms. The van der Waals surface area contributed by atoms with Gasteiger partial charge in [-0.15, -0.1) is 0 Å². The van der Waals surface area contributed by atoms with Crippen molar-refractivity contribution in [2.75, 3.05) is 13.1 Å². The van der Waals surface area contributed by atoms with Gasteiger partial charge in [-0.05, 0) is 49.1 Å². The maximum atomic E-state index is 11.7. The highest BCUT2D eigenvalue weighted by atomic mass is 16.3. The topological polar surface area (TPSA) is 98.1 Å². The Labute approximate surface area is 105 Å². The summed E-state index contributed by atoms with van der Waals surface area (Å²) in [5, 5.41) is 15.5. The minimum atomic E-state index is -0.165. The van der Waals surface area contributed by atoms with Crippen molar-refractivity contribution >= 4 is 5.91 Å². The zero-order valence-corrected chi connectivity index (χ0v) is 10.3. The lowest BCUT2D eigenvalue weighted by molar-refractivity contribution is 0.0953. The fourth-order valence-electron chi connectivity index (χ4n) is 1.45. The molecule has 96 valence electrons. The number of unbranched alkanes of at least 4 members (excludes halogenated alkanes) is 1. The molecule has 0 fully saturated rings. The lowest BCUT2D eigenvalue weighted by atomic mass is 10.1. The van der Waals surface area contributed by atoms with Crippen molar-refractivity contribution in [3.63, 3.8) is 0 Å². The number of nitrogens with one attached hydrogen (secondary N) is 1. The second-order valence-corrected chi connectivity index (χ2v) is 3.92. The molecule has 0 aromatic heterocycles. The molecular weight excluding hydrogens is 232 g/mol. The van der Waals surface area contributed by atoms with Crippen LogP contribution in [-0.2, 0) is 0 Å². The van der Waals surface area contributed by atoms with Crippen LogP contribution in [0.15, 0.2) is 23.3 Å². The molecule has 6 nitrogen and oxygen atoms in total. The maximum Gasteiger partial charge on any atom is 0.251 e. The number of aryl methyl sites for hydroxylation is 1. The molecule has 0 atom stereocenters. The largest absolute Gasteiger partial charge is 0.508 e. The van der Waals surface area contributed by atoms with E-state index in [0.29, 0.717) is 24.2 Å². The van der Waals surface area contributed by atoms with Gasteiger partial charge in [-0.25, -0.2) is 0 Å². The van der Waals surface area contributed by atoms with E-state index >= 15 is 0 Å². The standard InChI is InChI=1S/C12H16N4O2/c1-9-8-10(4-5-11(9)17)12(18)14-6-2-3-7-15-16-13/h4-5,8,17H,2-3,6-7H2,1H3,(H,14,18). The Bertz CT molecular complexity index is 467. The van der Waals surface area contributed by atoms with Crippen LogP contribution in [0.5, 0.6) is 5.75 Å². The molecule has 1 amide bonds. The van der Waals surface area contributed by atoms with E-state index in [1.807, 2.05) is 0 Å². The monoisotopic (exact) mass is 248 g/mol. The van der Waals surface area contributed by atoms with Crippen molar-refractivity contribution < 1.29 is 9.90 Å². The van der Waals surface area contributed by atoms with Gasteiger partial charge in [0.05, 0.1) is 0 Å². The predicted molar refractivity (Wildman–Crippen MR) is 68.4 cm³/mol. The van der Waals surface area contributed by atoms with Crippen LogP contribution < -0.4 is 5.32 Å². The molecule has 1 aromatic rings. The molecule has 0 bridgehead atoms. The molecule has 0 aliphatic heterocycles. The summed E-state index contributed by atoms with van der Waals surface area (Å²) in [7, 11) is 0. The van der Waals surface area contributed by atoms with Gasteiger partial charge in [0.1, 0.15) is 5.75 Å². The SMILES string of the molecule is Cc1cc(C(=O)NCCCCN=[N+]=[N-])ccc1O. The molecule has 0 heterocycles. The summed E-state index contributed by atoms with van der Waals surface area (Å²) in [6.45, 7) is 2.73. The number of phenolic OH excluding ortho intramolecular Hbond substituents is 1.